The second kappa shape index (κ2) is 5.49. The van der Waals surface area contributed by atoms with Crippen molar-refractivity contribution in [2.24, 2.45) is 0 Å². The predicted molar refractivity (Wildman–Crippen MR) is 72.1 cm³/mol. The summed E-state index contributed by atoms with van der Waals surface area (Å²) in [4.78, 5) is 25.6. The third-order valence-electron chi connectivity index (χ3n) is 2.77. The molecule has 0 saturated carbocycles. The van der Waals surface area contributed by atoms with Crippen molar-refractivity contribution >= 4 is 11.6 Å². The minimum absolute atomic E-state index is 0.0891. The normalized spacial score (nSPS) is 10.2. The Kier molecular flexibility index (Phi) is 3.77. The van der Waals surface area contributed by atoms with Gasteiger partial charge in [0.1, 0.15) is 0 Å². The maximum atomic E-state index is 12.0. The fourth-order valence-electron chi connectivity index (χ4n) is 1.68. The molecule has 1 aromatic heterocycles. The first kappa shape index (κ1) is 13.0. The summed E-state index contributed by atoms with van der Waals surface area (Å²) in [5.74, 6) is -0.357. The Morgan fingerprint density at radius 2 is 2.11 bits per heavy atom. The van der Waals surface area contributed by atoms with Crippen molar-refractivity contribution in [1.29, 1.82) is 0 Å². The van der Waals surface area contributed by atoms with Gasteiger partial charge < -0.3 is 15.4 Å². The summed E-state index contributed by atoms with van der Waals surface area (Å²) in [7, 11) is 0. The number of aliphatic hydroxyl groups excluding tert-OH is 1. The van der Waals surface area contributed by atoms with Gasteiger partial charge in [-0.05, 0) is 30.2 Å². The largest absolute Gasteiger partial charge is 0.392 e. The summed E-state index contributed by atoms with van der Waals surface area (Å²) < 4.78 is 0. The van der Waals surface area contributed by atoms with E-state index in [1.54, 1.807) is 12.1 Å². The van der Waals surface area contributed by atoms with Crippen LogP contribution in [0.4, 0.5) is 5.69 Å². The third-order valence-corrected chi connectivity index (χ3v) is 2.77. The Balaban J connectivity index is 2.26. The fourth-order valence-corrected chi connectivity index (χ4v) is 1.68. The van der Waals surface area contributed by atoms with Crippen molar-refractivity contribution in [3.8, 4) is 0 Å². The molecule has 0 bridgehead atoms. The Bertz CT molecular complexity index is 662. The first-order chi connectivity index (χ1) is 9.10. The maximum Gasteiger partial charge on any atom is 0.255 e. The number of anilines is 1. The van der Waals surface area contributed by atoms with E-state index in [9.17, 15) is 9.59 Å². The average molecular weight is 258 g/mol. The molecule has 5 heteroatoms. The molecule has 0 radical (unpaired) electrons. The van der Waals surface area contributed by atoms with Gasteiger partial charge in [-0.15, -0.1) is 0 Å². The molecule has 0 saturated heterocycles. The zero-order valence-corrected chi connectivity index (χ0v) is 10.4. The average Bonchev–Trinajstić information content (AvgIpc) is 2.41. The maximum absolute atomic E-state index is 12.0. The van der Waals surface area contributed by atoms with Crippen molar-refractivity contribution in [1.82, 2.24) is 4.98 Å². The Hall–Kier alpha value is -2.40. The van der Waals surface area contributed by atoms with Crippen molar-refractivity contribution in [2.75, 3.05) is 5.32 Å². The molecule has 0 spiro atoms. The number of amides is 1. The number of hydrogen-bond donors (Lipinski definition) is 3. The lowest BCUT2D eigenvalue weighted by Crippen LogP contribution is -2.16. The number of aryl methyl sites for hydroxylation is 1. The van der Waals surface area contributed by atoms with Crippen LogP contribution in [-0.2, 0) is 6.61 Å². The van der Waals surface area contributed by atoms with E-state index >= 15 is 0 Å². The molecule has 0 atom stereocenters. The van der Waals surface area contributed by atoms with Gasteiger partial charge in [0.15, 0.2) is 0 Å². The van der Waals surface area contributed by atoms with Crippen LogP contribution in [0.5, 0.6) is 0 Å². The van der Waals surface area contributed by atoms with Crippen LogP contribution in [0.15, 0.2) is 41.3 Å². The van der Waals surface area contributed by atoms with E-state index in [0.717, 1.165) is 5.56 Å². The van der Waals surface area contributed by atoms with E-state index in [1.165, 1.54) is 18.3 Å². The number of pyridine rings is 1. The number of aromatic nitrogens is 1. The topological polar surface area (TPSA) is 82.2 Å². The highest BCUT2D eigenvalue weighted by Gasteiger charge is 2.08. The Morgan fingerprint density at radius 3 is 2.79 bits per heavy atom. The molecule has 1 aromatic carbocycles. The van der Waals surface area contributed by atoms with Crippen molar-refractivity contribution < 1.29 is 9.90 Å². The first-order valence-electron chi connectivity index (χ1n) is 5.80. The van der Waals surface area contributed by atoms with E-state index in [1.807, 2.05) is 13.0 Å². The van der Waals surface area contributed by atoms with Crippen LogP contribution in [0.3, 0.4) is 0 Å². The number of rotatable bonds is 3. The highest BCUT2D eigenvalue weighted by Crippen LogP contribution is 2.17. The number of aliphatic hydroxyl groups is 1. The van der Waals surface area contributed by atoms with Crippen LogP contribution in [0, 0.1) is 6.92 Å². The van der Waals surface area contributed by atoms with Gasteiger partial charge in [-0.3, -0.25) is 9.59 Å². The Labute approximate surface area is 109 Å². The number of carbonyl (C=O) groups is 1. The molecule has 1 heterocycles. The highest BCUT2D eigenvalue weighted by atomic mass is 16.3. The molecule has 19 heavy (non-hydrogen) atoms. The number of aromatic amines is 1. The molecule has 1 amide bonds. The number of benzene rings is 1. The van der Waals surface area contributed by atoms with Crippen LogP contribution in [0.1, 0.15) is 21.5 Å². The van der Waals surface area contributed by atoms with E-state index in [0.29, 0.717) is 11.3 Å². The molecule has 0 fully saturated rings. The summed E-state index contributed by atoms with van der Waals surface area (Å²) in [6.45, 7) is 1.77. The molecule has 2 rings (SSSR count). The van der Waals surface area contributed by atoms with E-state index < -0.39 is 0 Å². The monoisotopic (exact) mass is 258 g/mol. The zero-order chi connectivity index (χ0) is 13.8. The SMILES string of the molecule is Cc1ccc(CO)cc1NC(=O)c1cc[nH]c(=O)c1. The minimum atomic E-state index is -0.357. The number of H-pyrrole nitrogens is 1. The van der Waals surface area contributed by atoms with Gasteiger partial charge in [0.25, 0.3) is 5.91 Å². The molecule has 0 unspecified atom stereocenters. The molecule has 2 aromatic rings. The van der Waals surface area contributed by atoms with Gasteiger partial charge in [0, 0.05) is 23.5 Å². The summed E-state index contributed by atoms with van der Waals surface area (Å²) in [5, 5.41) is 11.8. The fraction of sp³-hybridized carbons (Fsp3) is 0.143. The Morgan fingerprint density at radius 1 is 1.32 bits per heavy atom. The van der Waals surface area contributed by atoms with Crippen LogP contribution in [0.2, 0.25) is 0 Å². The second-order valence-electron chi connectivity index (χ2n) is 4.20. The number of nitrogens with one attached hydrogen (secondary N) is 2. The lowest BCUT2D eigenvalue weighted by atomic mass is 10.1. The van der Waals surface area contributed by atoms with Crippen molar-refractivity contribution in [2.45, 2.75) is 13.5 Å². The summed E-state index contributed by atoms with van der Waals surface area (Å²) in [5.41, 5.74) is 2.19. The van der Waals surface area contributed by atoms with Crippen molar-refractivity contribution in [3.63, 3.8) is 0 Å². The van der Waals surface area contributed by atoms with Gasteiger partial charge in [-0.25, -0.2) is 0 Å². The molecular formula is C14H14N2O3. The molecule has 98 valence electrons. The number of hydrogen-bond acceptors (Lipinski definition) is 3. The quantitative estimate of drug-likeness (QED) is 0.778. The van der Waals surface area contributed by atoms with Crippen LogP contribution < -0.4 is 10.9 Å². The zero-order valence-electron chi connectivity index (χ0n) is 10.4. The van der Waals surface area contributed by atoms with Gasteiger partial charge in [-0.2, -0.15) is 0 Å². The summed E-state index contributed by atoms with van der Waals surface area (Å²) in [6, 6.07) is 8.08. The van der Waals surface area contributed by atoms with Crippen molar-refractivity contribution in [3.05, 3.63) is 63.6 Å². The second-order valence-corrected chi connectivity index (χ2v) is 4.20. The predicted octanol–water partition coefficient (Wildman–Crippen LogP) is 1.43. The van der Waals surface area contributed by atoms with E-state index in [-0.39, 0.29) is 23.6 Å². The van der Waals surface area contributed by atoms with Crippen LogP contribution in [0.25, 0.3) is 0 Å². The summed E-state index contributed by atoms with van der Waals surface area (Å²) >= 11 is 0. The van der Waals surface area contributed by atoms with E-state index in [4.69, 9.17) is 5.11 Å². The molecule has 0 aliphatic carbocycles. The van der Waals surface area contributed by atoms with Gasteiger partial charge in [0.2, 0.25) is 5.56 Å². The molecule has 3 N–H and O–H groups in total. The lowest BCUT2D eigenvalue weighted by Gasteiger charge is -2.09. The third kappa shape index (κ3) is 3.08. The van der Waals surface area contributed by atoms with Gasteiger partial charge in [-0.1, -0.05) is 12.1 Å². The molecule has 5 nitrogen and oxygen atoms in total. The summed E-state index contributed by atoms with van der Waals surface area (Å²) in [6.07, 6.45) is 1.42. The molecule has 0 aliphatic rings. The standard InChI is InChI=1S/C14H14N2O3/c1-9-2-3-10(8-17)6-12(9)16-14(19)11-4-5-15-13(18)7-11/h2-7,17H,8H2,1H3,(H,15,18)(H,16,19). The minimum Gasteiger partial charge on any atom is -0.392 e. The van der Waals surface area contributed by atoms with Crippen LogP contribution in [-0.4, -0.2) is 16.0 Å². The van der Waals surface area contributed by atoms with Gasteiger partial charge in [0.05, 0.1) is 6.61 Å². The highest BCUT2D eigenvalue weighted by molar-refractivity contribution is 6.04. The number of carbonyl (C=O) groups excluding carboxylic acids is 1. The van der Waals surface area contributed by atoms with Gasteiger partial charge >= 0.3 is 0 Å². The lowest BCUT2D eigenvalue weighted by molar-refractivity contribution is 0.102. The smallest absolute Gasteiger partial charge is 0.255 e. The van der Waals surface area contributed by atoms with Crippen LogP contribution >= 0.6 is 0 Å². The molecular weight excluding hydrogens is 244 g/mol. The molecule has 0 aliphatic heterocycles. The van der Waals surface area contributed by atoms with E-state index in [2.05, 4.69) is 10.3 Å². The first-order valence-corrected chi connectivity index (χ1v) is 5.80.